The largest absolute Gasteiger partial charge is 0.508 e. The molecule has 0 aliphatic heterocycles. The molecule has 1 aliphatic carbocycles. The third-order valence-electron chi connectivity index (χ3n) is 5.48. The maximum atomic E-state index is 13.1. The first-order valence-corrected chi connectivity index (χ1v) is 9.92. The number of halogens is 2. The summed E-state index contributed by atoms with van der Waals surface area (Å²) in [6.07, 6.45) is 2.94. The molecule has 7 heteroatoms. The van der Waals surface area contributed by atoms with Crippen molar-refractivity contribution in [1.82, 2.24) is 10.2 Å². The molecule has 0 amide bonds. The van der Waals surface area contributed by atoms with E-state index in [1.807, 2.05) is 25.1 Å². The zero-order chi connectivity index (χ0) is 21.3. The summed E-state index contributed by atoms with van der Waals surface area (Å²) in [5, 5.41) is 32.0. The van der Waals surface area contributed by atoms with Crippen molar-refractivity contribution in [3.8, 4) is 5.75 Å². The first-order valence-electron chi connectivity index (χ1n) is 9.92. The van der Waals surface area contributed by atoms with Crippen molar-refractivity contribution in [2.75, 3.05) is 5.32 Å². The van der Waals surface area contributed by atoms with Crippen LogP contribution >= 0.6 is 0 Å². The van der Waals surface area contributed by atoms with E-state index in [9.17, 15) is 19.0 Å². The SMILES string of the molecule is C[C@@H](Nc1cnnc2ccc(C3=CCC(O)CC3)cc12)c1cc(O)cc(C(F)F)c1. The van der Waals surface area contributed by atoms with E-state index >= 15 is 0 Å². The molecule has 0 fully saturated rings. The Morgan fingerprint density at radius 1 is 1.13 bits per heavy atom. The van der Waals surface area contributed by atoms with Crippen molar-refractivity contribution in [1.29, 1.82) is 0 Å². The minimum absolute atomic E-state index is 0.192. The highest BCUT2D eigenvalue weighted by molar-refractivity contribution is 5.93. The number of nitrogens with zero attached hydrogens (tertiary/aromatic N) is 2. The van der Waals surface area contributed by atoms with Crippen LogP contribution in [0.1, 0.15) is 55.3 Å². The number of hydrogen-bond donors (Lipinski definition) is 3. The number of alkyl halides is 2. The summed E-state index contributed by atoms with van der Waals surface area (Å²) in [7, 11) is 0. The summed E-state index contributed by atoms with van der Waals surface area (Å²) < 4.78 is 26.2. The van der Waals surface area contributed by atoms with Gasteiger partial charge in [-0.05, 0) is 73.2 Å². The van der Waals surface area contributed by atoms with Crippen LogP contribution in [-0.2, 0) is 0 Å². The van der Waals surface area contributed by atoms with Crippen LogP contribution in [0.3, 0.4) is 0 Å². The summed E-state index contributed by atoms with van der Waals surface area (Å²) in [4.78, 5) is 0. The highest BCUT2D eigenvalue weighted by atomic mass is 19.3. The molecule has 4 rings (SSSR count). The van der Waals surface area contributed by atoms with E-state index in [1.165, 1.54) is 17.7 Å². The zero-order valence-electron chi connectivity index (χ0n) is 16.5. The molecule has 1 heterocycles. The predicted octanol–water partition coefficient (Wildman–Crippen LogP) is 5.37. The van der Waals surface area contributed by atoms with E-state index in [2.05, 4.69) is 21.6 Å². The normalized spacial score (nSPS) is 17.8. The van der Waals surface area contributed by atoms with Crippen LogP contribution in [-0.4, -0.2) is 26.5 Å². The summed E-state index contributed by atoms with van der Waals surface area (Å²) in [5.41, 5.74) is 4.03. The maximum Gasteiger partial charge on any atom is 0.263 e. The molecule has 3 N–H and O–H groups in total. The van der Waals surface area contributed by atoms with E-state index in [1.54, 1.807) is 6.20 Å². The van der Waals surface area contributed by atoms with Crippen molar-refractivity contribution in [3.05, 3.63) is 65.4 Å². The van der Waals surface area contributed by atoms with Gasteiger partial charge in [-0.2, -0.15) is 10.2 Å². The molecule has 0 saturated heterocycles. The number of aromatic nitrogens is 2. The fourth-order valence-electron chi connectivity index (χ4n) is 3.81. The minimum Gasteiger partial charge on any atom is -0.508 e. The molecule has 0 bridgehead atoms. The number of benzene rings is 2. The summed E-state index contributed by atoms with van der Waals surface area (Å²) in [5.74, 6) is -0.192. The lowest BCUT2D eigenvalue weighted by Gasteiger charge is -2.20. The quantitative estimate of drug-likeness (QED) is 0.526. The second-order valence-electron chi connectivity index (χ2n) is 7.67. The number of fused-ring (bicyclic) bond motifs is 1. The third kappa shape index (κ3) is 4.26. The number of nitrogens with one attached hydrogen (secondary N) is 1. The first-order chi connectivity index (χ1) is 14.4. The Labute approximate surface area is 173 Å². The molecule has 30 heavy (non-hydrogen) atoms. The van der Waals surface area contributed by atoms with Crippen molar-refractivity contribution >= 4 is 22.2 Å². The predicted molar refractivity (Wildman–Crippen MR) is 112 cm³/mol. The molecule has 2 aromatic carbocycles. The standard InChI is InChI=1S/C23H23F2N3O2/c1-13(16-8-17(23(24)25)10-19(30)9-16)27-22-12-26-28-21-7-4-15(11-20(21)22)14-2-5-18(29)6-3-14/h2,4,7-13,18,23,29-30H,3,5-6H2,1H3,(H,27,28)/t13-,18?/m1/s1. The van der Waals surface area contributed by atoms with Crippen LogP contribution in [0.5, 0.6) is 5.75 Å². The van der Waals surface area contributed by atoms with E-state index < -0.39 is 6.43 Å². The van der Waals surface area contributed by atoms with Crippen molar-refractivity contribution in [2.45, 2.75) is 44.8 Å². The number of allylic oxidation sites excluding steroid dienone is 1. The zero-order valence-corrected chi connectivity index (χ0v) is 16.5. The van der Waals surface area contributed by atoms with Gasteiger partial charge in [0, 0.05) is 17.0 Å². The van der Waals surface area contributed by atoms with Gasteiger partial charge in [0.25, 0.3) is 6.43 Å². The van der Waals surface area contributed by atoms with Gasteiger partial charge in [-0.3, -0.25) is 0 Å². The van der Waals surface area contributed by atoms with Gasteiger partial charge in [0.2, 0.25) is 0 Å². The summed E-state index contributed by atoms with van der Waals surface area (Å²) in [6, 6.07) is 9.54. The number of phenols is 1. The highest BCUT2D eigenvalue weighted by Gasteiger charge is 2.16. The molecule has 1 unspecified atom stereocenters. The number of rotatable bonds is 5. The molecular weight excluding hydrogens is 388 g/mol. The third-order valence-corrected chi connectivity index (χ3v) is 5.48. The number of phenolic OH excluding ortho intramolecular Hbond substituents is 1. The van der Waals surface area contributed by atoms with Crippen molar-refractivity contribution in [3.63, 3.8) is 0 Å². The van der Waals surface area contributed by atoms with Gasteiger partial charge in [0.15, 0.2) is 0 Å². The molecule has 156 valence electrons. The van der Waals surface area contributed by atoms with Gasteiger partial charge >= 0.3 is 0 Å². The van der Waals surface area contributed by atoms with E-state index in [-0.39, 0.29) is 23.5 Å². The average molecular weight is 411 g/mol. The molecule has 0 saturated carbocycles. The van der Waals surface area contributed by atoms with Gasteiger partial charge in [0.1, 0.15) is 5.75 Å². The Balaban J connectivity index is 1.66. The van der Waals surface area contributed by atoms with Crippen LogP contribution in [0.4, 0.5) is 14.5 Å². The number of hydrogen-bond acceptors (Lipinski definition) is 5. The lowest BCUT2D eigenvalue weighted by Crippen LogP contribution is -2.10. The first kappa shape index (κ1) is 20.2. The summed E-state index contributed by atoms with van der Waals surface area (Å²) >= 11 is 0. The monoisotopic (exact) mass is 411 g/mol. The second kappa shape index (κ2) is 8.36. The van der Waals surface area contributed by atoms with Crippen LogP contribution in [0.25, 0.3) is 16.5 Å². The molecule has 2 atom stereocenters. The van der Waals surface area contributed by atoms with Gasteiger partial charge in [-0.15, -0.1) is 0 Å². The average Bonchev–Trinajstić information content (AvgIpc) is 2.73. The Morgan fingerprint density at radius 3 is 2.67 bits per heavy atom. The molecule has 0 spiro atoms. The topological polar surface area (TPSA) is 78.3 Å². The summed E-state index contributed by atoms with van der Waals surface area (Å²) in [6.45, 7) is 1.84. The Kier molecular flexibility index (Phi) is 5.63. The number of anilines is 1. The van der Waals surface area contributed by atoms with Gasteiger partial charge in [-0.25, -0.2) is 8.78 Å². The Hall–Kier alpha value is -3.06. The smallest absolute Gasteiger partial charge is 0.263 e. The second-order valence-corrected chi connectivity index (χ2v) is 7.67. The fourth-order valence-corrected chi connectivity index (χ4v) is 3.81. The molecule has 0 radical (unpaired) electrons. The maximum absolute atomic E-state index is 13.1. The lowest BCUT2D eigenvalue weighted by atomic mass is 9.91. The Bertz CT molecular complexity index is 1100. The molecular formula is C23H23F2N3O2. The molecule has 1 aromatic heterocycles. The van der Waals surface area contributed by atoms with Crippen LogP contribution in [0.15, 0.2) is 48.7 Å². The fraction of sp³-hybridized carbons (Fsp3) is 0.304. The van der Waals surface area contributed by atoms with Gasteiger partial charge in [0.05, 0.1) is 23.5 Å². The van der Waals surface area contributed by atoms with Gasteiger partial charge in [-0.1, -0.05) is 12.1 Å². The highest BCUT2D eigenvalue weighted by Crippen LogP contribution is 2.33. The van der Waals surface area contributed by atoms with Crippen LogP contribution < -0.4 is 5.32 Å². The number of aromatic hydroxyl groups is 1. The van der Waals surface area contributed by atoms with Crippen molar-refractivity contribution in [2.24, 2.45) is 0 Å². The molecule has 1 aliphatic rings. The van der Waals surface area contributed by atoms with Crippen molar-refractivity contribution < 1.29 is 19.0 Å². The lowest BCUT2D eigenvalue weighted by molar-refractivity contribution is 0.151. The van der Waals surface area contributed by atoms with Crippen LogP contribution in [0.2, 0.25) is 0 Å². The van der Waals surface area contributed by atoms with E-state index in [0.717, 1.165) is 41.1 Å². The minimum atomic E-state index is -2.66. The van der Waals surface area contributed by atoms with Crippen LogP contribution in [0, 0.1) is 0 Å². The molecule has 5 nitrogen and oxygen atoms in total. The Morgan fingerprint density at radius 2 is 1.93 bits per heavy atom. The van der Waals surface area contributed by atoms with Gasteiger partial charge < -0.3 is 15.5 Å². The van der Waals surface area contributed by atoms with E-state index in [0.29, 0.717) is 12.0 Å². The van der Waals surface area contributed by atoms with E-state index in [4.69, 9.17) is 0 Å². The number of aliphatic hydroxyl groups is 1. The molecule has 3 aromatic rings. The number of aliphatic hydroxyl groups excluding tert-OH is 1.